The molecule has 1 N–H and O–H groups in total. The van der Waals surface area contributed by atoms with E-state index in [1.54, 1.807) is 31.3 Å². The van der Waals surface area contributed by atoms with Crippen molar-refractivity contribution in [1.29, 1.82) is 0 Å². The number of carbonyl (C=O) groups is 2. The maximum atomic E-state index is 11.6. The molecule has 0 aromatic heterocycles. The second-order valence-corrected chi connectivity index (χ2v) is 3.68. The Hall–Kier alpha value is -1.64. The molecule has 0 spiro atoms. The van der Waals surface area contributed by atoms with E-state index in [-0.39, 0.29) is 17.6 Å². The Morgan fingerprint density at radius 1 is 1.07 bits per heavy atom. The molecule has 0 bridgehead atoms. The van der Waals surface area contributed by atoms with Crippen LogP contribution in [0, 0.1) is 5.92 Å². The molecule has 0 unspecified atom stereocenters. The monoisotopic (exact) mass is 205 g/mol. The van der Waals surface area contributed by atoms with Crippen LogP contribution in [0.4, 0.5) is 0 Å². The summed E-state index contributed by atoms with van der Waals surface area (Å²) in [6, 6.07) is 6.70. The fourth-order valence-electron chi connectivity index (χ4n) is 1.26. The molecule has 80 valence electrons. The first-order chi connectivity index (χ1) is 7.06. The lowest BCUT2D eigenvalue weighted by molar-refractivity contribution is 0.0935. The number of Topliss-reactive ketones (excluding diaryl/α,β-unsaturated/α-hetero) is 1. The largest absolute Gasteiger partial charge is 0.355 e. The molecule has 0 saturated carbocycles. The van der Waals surface area contributed by atoms with Crippen LogP contribution in [0.2, 0.25) is 0 Å². The normalized spacial score (nSPS) is 10.1. The average Bonchev–Trinajstić information content (AvgIpc) is 2.27. The van der Waals surface area contributed by atoms with Crippen LogP contribution in [0.25, 0.3) is 0 Å². The summed E-state index contributed by atoms with van der Waals surface area (Å²) in [6.07, 6.45) is 0. The van der Waals surface area contributed by atoms with E-state index in [0.29, 0.717) is 11.1 Å². The summed E-state index contributed by atoms with van der Waals surface area (Å²) >= 11 is 0. The fourth-order valence-corrected chi connectivity index (χ4v) is 1.26. The highest BCUT2D eigenvalue weighted by Crippen LogP contribution is 2.09. The Bertz CT molecular complexity index is 366. The van der Waals surface area contributed by atoms with Gasteiger partial charge < -0.3 is 5.32 Å². The number of ketones is 1. The van der Waals surface area contributed by atoms with Gasteiger partial charge in [-0.15, -0.1) is 0 Å². The molecule has 3 nitrogen and oxygen atoms in total. The van der Waals surface area contributed by atoms with Crippen LogP contribution in [0.3, 0.4) is 0 Å². The second kappa shape index (κ2) is 4.73. The highest BCUT2D eigenvalue weighted by atomic mass is 16.1. The maximum Gasteiger partial charge on any atom is 0.251 e. The minimum atomic E-state index is -0.140. The molecule has 0 radical (unpaired) electrons. The Morgan fingerprint density at radius 3 is 1.93 bits per heavy atom. The first kappa shape index (κ1) is 11.4. The molecule has 15 heavy (non-hydrogen) atoms. The number of benzene rings is 1. The molecule has 0 aliphatic heterocycles. The zero-order valence-electron chi connectivity index (χ0n) is 9.20. The van der Waals surface area contributed by atoms with Gasteiger partial charge in [-0.3, -0.25) is 9.59 Å². The summed E-state index contributed by atoms with van der Waals surface area (Å²) in [6.45, 7) is 3.71. The molecule has 0 aliphatic carbocycles. The van der Waals surface area contributed by atoms with Crippen LogP contribution in [-0.4, -0.2) is 18.7 Å². The zero-order valence-corrected chi connectivity index (χ0v) is 9.20. The molecular formula is C12H15NO2. The van der Waals surface area contributed by atoms with Gasteiger partial charge in [-0.1, -0.05) is 26.0 Å². The van der Waals surface area contributed by atoms with Crippen molar-refractivity contribution in [2.24, 2.45) is 5.92 Å². The topological polar surface area (TPSA) is 46.2 Å². The molecule has 0 heterocycles. The van der Waals surface area contributed by atoms with Crippen LogP contribution in [0.5, 0.6) is 0 Å². The minimum absolute atomic E-state index is 0.0177. The van der Waals surface area contributed by atoms with Gasteiger partial charge in [0.05, 0.1) is 0 Å². The van der Waals surface area contributed by atoms with Crippen molar-refractivity contribution in [2.45, 2.75) is 13.8 Å². The summed E-state index contributed by atoms with van der Waals surface area (Å²) in [5, 5.41) is 2.53. The van der Waals surface area contributed by atoms with E-state index in [1.807, 2.05) is 13.8 Å². The van der Waals surface area contributed by atoms with Gasteiger partial charge in [0.25, 0.3) is 5.91 Å². The van der Waals surface area contributed by atoms with Crippen LogP contribution >= 0.6 is 0 Å². The molecular weight excluding hydrogens is 190 g/mol. The Morgan fingerprint density at radius 2 is 1.53 bits per heavy atom. The molecule has 3 heteroatoms. The molecule has 1 aromatic carbocycles. The van der Waals surface area contributed by atoms with Crippen molar-refractivity contribution < 1.29 is 9.59 Å². The van der Waals surface area contributed by atoms with Crippen molar-refractivity contribution in [2.75, 3.05) is 7.05 Å². The minimum Gasteiger partial charge on any atom is -0.355 e. The number of amides is 1. The van der Waals surface area contributed by atoms with Crippen molar-refractivity contribution in [3.05, 3.63) is 35.4 Å². The number of rotatable bonds is 3. The van der Waals surface area contributed by atoms with E-state index < -0.39 is 0 Å². The van der Waals surface area contributed by atoms with E-state index in [0.717, 1.165) is 0 Å². The maximum absolute atomic E-state index is 11.6. The molecule has 0 fully saturated rings. The third-order valence-electron chi connectivity index (χ3n) is 2.18. The Kier molecular flexibility index (Phi) is 3.61. The summed E-state index contributed by atoms with van der Waals surface area (Å²) in [4.78, 5) is 22.8. The lowest BCUT2D eigenvalue weighted by atomic mass is 10.00. The first-order valence-electron chi connectivity index (χ1n) is 4.92. The Labute approximate surface area is 89.5 Å². The second-order valence-electron chi connectivity index (χ2n) is 3.68. The van der Waals surface area contributed by atoms with Crippen LogP contribution < -0.4 is 5.32 Å². The molecule has 0 saturated heterocycles. The third-order valence-corrected chi connectivity index (χ3v) is 2.18. The van der Waals surface area contributed by atoms with Crippen molar-refractivity contribution >= 4 is 11.7 Å². The van der Waals surface area contributed by atoms with Gasteiger partial charge in [-0.05, 0) is 12.1 Å². The molecule has 1 rings (SSSR count). The highest BCUT2D eigenvalue weighted by Gasteiger charge is 2.10. The fraction of sp³-hybridized carbons (Fsp3) is 0.333. The Balaban J connectivity index is 2.90. The van der Waals surface area contributed by atoms with Crippen LogP contribution in [0.1, 0.15) is 34.6 Å². The first-order valence-corrected chi connectivity index (χ1v) is 4.92. The van der Waals surface area contributed by atoms with Gasteiger partial charge in [0.1, 0.15) is 0 Å². The van der Waals surface area contributed by atoms with Crippen molar-refractivity contribution in [3.8, 4) is 0 Å². The summed E-state index contributed by atoms with van der Waals surface area (Å²) in [5.41, 5.74) is 1.22. The lowest BCUT2D eigenvalue weighted by Crippen LogP contribution is -2.17. The lowest BCUT2D eigenvalue weighted by Gasteiger charge is -2.05. The van der Waals surface area contributed by atoms with E-state index in [4.69, 9.17) is 0 Å². The van der Waals surface area contributed by atoms with Crippen molar-refractivity contribution in [3.63, 3.8) is 0 Å². The van der Waals surface area contributed by atoms with Gasteiger partial charge >= 0.3 is 0 Å². The number of hydrogen-bond donors (Lipinski definition) is 1. The predicted molar refractivity (Wildman–Crippen MR) is 59.0 cm³/mol. The molecule has 0 aliphatic rings. The van der Waals surface area contributed by atoms with Gasteiger partial charge in [0.15, 0.2) is 5.78 Å². The van der Waals surface area contributed by atoms with Gasteiger partial charge in [-0.25, -0.2) is 0 Å². The summed E-state index contributed by atoms with van der Waals surface area (Å²) < 4.78 is 0. The molecule has 1 aromatic rings. The SMILES string of the molecule is CNC(=O)c1ccc(C(=O)C(C)C)cc1. The highest BCUT2D eigenvalue weighted by molar-refractivity contribution is 5.99. The average molecular weight is 205 g/mol. The van der Waals surface area contributed by atoms with Crippen LogP contribution in [-0.2, 0) is 0 Å². The van der Waals surface area contributed by atoms with Crippen molar-refractivity contribution in [1.82, 2.24) is 5.32 Å². The number of carbonyl (C=O) groups excluding carboxylic acids is 2. The smallest absolute Gasteiger partial charge is 0.251 e. The predicted octanol–water partition coefficient (Wildman–Crippen LogP) is 1.88. The molecule has 1 amide bonds. The van der Waals surface area contributed by atoms with E-state index in [9.17, 15) is 9.59 Å². The zero-order chi connectivity index (χ0) is 11.4. The summed E-state index contributed by atoms with van der Waals surface area (Å²) in [5.74, 6) is -0.0622. The quantitative estimate of drug-likeness (QED) is 0.766. The van der Waals surface area contributed by atoms with E-state index in [1.165, 1.54) is 0 Å². The van der Waals surface area contributed by atoms with Gasteiger partial charge in [0.2, 0.25) is 0 Å². The third kappa shape index (κ3) is 2.65. The van der Waals surface area contributed by atoms with Gasteiger partial charge in [0, 0.05) is 24.1 Å². The van der Waals surface area contributed by atoms with E-state index in [2.05, 4.69) is 5.32 Å². The van der Waals surface area contributed by atoms with Crippen LogP contribution in [0.15, 0.2) is 24.3 Å². The number of hydrogen-bond acceptors (Lipinski definition) is 2. The molecule has 0 atom stereocenters. The summed E-state index contributed by atoms with van der Waals surface area (Å²) in [7, 11) is 1.58. The van der Waals surface area contributed by atoms with Gasteiger partial charge in [-0.2, -0.15) is 0 Å². The number of nitrogens with one attached hydrogen (secondary N) is 1. The standard InChI is InChI=1S/C12H15NO2/c1-8(2)11(14)9-4-6-10(7-5-9)12(15)13-3/h4-8H,1-3H3,(H,13,15). The van der Waals surface area contributed by atoms with E-state index >= 15 is 0 Å².